The summed E-state index contributed by atoms with van der Waals surface area (Å²) < 4.78 is 4.08. The van der Waals surface area contributed by atoms with Crippen LogP contribution < -0.4 is 0 Å². The molecule has 4 rings (SSSR count). The van der Waals surface area contributed by atoms with Gasteiger partial charge in [-0.25, -0.2) is 0 Å². The molecule has 2 amide bonds. The van der Waals surface area contributed by atoms with Gasteiger partial charge in [0.05, 0.1) is 16.6 Å². The van der Waals surface area contributed by atoms with E-state index in [1.54, 1.807) is 16.7 Å². The van der Waals surface area contributed by atoms with Gasteiger partial charge in [-0.3, -0.25) is 14.4 Å². The zero-order valence-electron chi connectivity index (χ0n) is 20.6. The van der Waals surface area contributed by atoms with Gasteiger partial charge in [-0.1, -0.05) is 44.4 Å². The Morgan fingerprint density at radius 2 is 1.88 bits per heavy atom. The highest BCUT2D eigenvalue weighted by molar-refractivity contribution is 8.02. The molecule has 0 radical (unpaired) electrons. The van der Waals surface area contributed by atoms with Crippen LogP contribution in [0.2, 0.25) is 0 Å². The molecule has 4 heterocycles. The number of likely N-dealkylation sites (tertiary alicyclic amines) is 1. The second kappa shape index (κ2) is 10.1. The van der Waals surface area contributed by atoms with Crippen LogP contribution in [0.5, 0.6) is 0 Å². The van der Waals surface area contributed by atoms with Gasteiger partial charge in [0.15, 0.2) is 0 Å². The predicted octanol–water partition coefficient (Wildman–Crippen LogP) is 2.93. The van der Waals surface area contributed by atoms with Gasteiger partial charge >= 0.3 is 5.97 Å². The van der Waals surface area contributed by atoms with Crippen LogP contribution in [0.1, 0.15) is 59.3 Å². The lowest BCUT2D eigenvalue weighted by atomic mass is 9.75. The Kier molecular flexibility index (Phi) is 7.48. The van der Waals surface area contributed by atoms with Crippen LogP contribution in [0.3, 0.4) is 0 Å². The SMILES string of the molecule is CCCC(C)N1CC=C[C@]23S[C@@]4(C)C=CCOC(=O)[C@H]4[C@H]2C(=O)N(CCCCCCO)C3C1=O. The van der Waals surface area contributed by atoms with Crippen molar-refractivity contribution >= 4 is 29.5 Å². The Bertz CT molecular complexity index is 875. The number of esters is 1. The summed E-state index contributed by atoms with van der Waals surface area (Å²) in [6, 6.07) is -0.550. The Labute approximate surface area is 206 Å². The van der Waals surface area contributed by atoms with Gasteiger partial charge in [0, 0.05) is 30.5 Å². The number of ether oxygens (including phenoxy) is 1. The number of cyclic esters (lactones) is 1. The Balaban J connectivity index is 1.73. The molecule has 0 aromatic carbocycles. The monoisotopic (exact) mass is 490 g/mol. The van der Waals surface area contributed by atoms with Crippen molar-refractivity contribution in [3.05, 3.63) is 24.3 Å². The fraction of sp³-hybridized carbons (Fsp3) is 0.731. The second-order valence-electron chi connectivity index (χ2n) is 10.2. The van der Waals surface area contributed by atoms with E-state index >= 15 is 0 Å². The number of hydrogen-bond acceptors (Lipinski definition) is 6. The largest absolute Gasteiger partial charge is 0.461 e. The molecule has 8 heteroatoms. The highest BCUT2D eigenvalue weighted by Crippen LogP contribution is 2.65. The molecule has 0 saturated carbocycles. The molecule has 2 unspecified atom stereocenters. The first kappa shape index (κ1) is 25.3. The van der Waals surface area contributed by atoms with E-state index in [1.807, 2.05) is 30.1 Å². The number of aliphatic hydroxyl groups is 1. The lowest BCUT2D eigenvalue weighted by molar-refractivity contribution is -0.152. The third kappa shape index (κ3) is 4.11. The number of carbonyl (C=O) groups excluding carboxylic acids is 3. The van der Waals surface area contributed by atoms with E-state index in [2.05, 4.69) is 19.9 Å². The van der Waals surface area contributed by atoms with Gasteiger partial charge in [-0.2, -0.15) is 0 Å². The summed E-state index contributed by atoms with van der Waals surface area (Å²) in [6.07, 6.45) is 13.1. The number of thioether (sulfide) groups is 1. The van der Waals surface area contributed by atoms with Crippen LogP contribution >= 0.6 is 11.8 Å². The quantitative estimate of drug-likeness (QED) is 0.304. The van der Waals surface area contributed by atoms with E-state index in [0.717, 1.165) is 38.5 Å². The highest BCUT2D eigenvalue weighted by Gasteiger charge is 2.74. The number of unbranched alkanes of at least 4 members (excludes halogenated alkanes) is 3. The lowest BCUT2D eigenvalue weighted by Gasteiger charge is -2.38. The van der Waals surface area contributed by atoms with Crippen molar-refractivity contribution < 1.29 is 24.2 Å². The van der Waals surface area contributed by atoms with Gasteiger partial charge < -0.3 is 19.6 Å². The summed E-state index contributed by atoms with van der Waals surface area (Å²) in [5.41, 5.74) is 0. The van der Waals surface area contributed by atoms with Crippen LogP contribution in [0.25, 0.3) is 0 Å². The normalized spacial score (nSPS) is 35.5. The van der Waals surface area contributed by atoms with E-state index in [0.29, 0.717) is 13.1 Å². The van der Waals surface area contributed by atoms with Crippen molar-refractivity contribution in [1.82, 2.24) is 9.80 Å². The molecule has 0 bridgehead atoms. The molecule has 0 aromatic rings. The Morgan fingerprint density at radius 1 is 1.12 bits per heavy atom. The number of carbonyl (C=O) groups is 3. The van der Waals surface area contributed by atoms with E-state index < -0.39 is 27.4 Å². The predicted molar refractivity (Wildman–Crippen MR) is 132 cm³/mol. The topological polar surface area (TPSA) is 87.2 Å². The van der Waals surface area contributed by atoms with Gasteiger partial charge in [0.2, 0.25) is 11.8 Å². The average Bonchev–Trinajstić information content (AvgIpc) is 3.04. The number of aliphatic hydroxyl groups excluding tert-OH is 1. The van der Waals surface area contributed by atoms with Gasteiger partial charge in [-0.05, 0) is 39.2 Å². The van der Waals surface area contributed by atoms with Crippen molar-refractivity contribution in [3.63, 3.8) is 0 Å². The molecule has 4 aliphatic heterocycles. The molecule has 4 aliphatic rings. The van der Waals surface area contributed by atoms with Gasteiger partial charge in [0.25, 0.3) is 0 Å². The maximum absolute atomic E-state index is 14.1. The molecule has 188 valence electrons. The summed E-state index contributed by atoms with van der Waals surface area (Å²) in [4.78, 5) is 45.0. The molecule has 0 aromatic heterocycles. The zero-order valence-corrected chi connectivity index (χ0v) is 21.4. The molecule has 2 saturated heterocycles. The standard InChI is InChI=1S/C26H38N2O5S/c1-4-11-18(2)27-15-9-13-26-19(20-24(32)33-17-10-12-25(20,3)34-26)22(30)28(21(26)23(27)31)14-7-5-6-8-16-29/h9-10,12-13,18-21,29H,4-8,11,14-17H2,1-3H3/t18?,19-,20+,21?,25-,26-/m0/s1. The molecule has 1 spiro atoms. The first-order chi connectivity index (χ1) is 16.3. The van der Waals surface area contributed by atoms with E-state index in [1.165, 1.54) is 0 Å². The molecular weight excluding hydrogens is 452 g/mol. The summed E-state index contributed by atoms with van der Waals surface area (Å²) in [5, 5.41) is 9.08. The minimum Gasteiger partial charge on any atom is -0.461 e. The minimum absolute atomic E-state index is 0.0120. The van der Waals surface area contributed by atoms with Crippen LogP contribution in [-0.2, 0) is 19.1 Å². The maximum atomic E-state index is 14.1. The number of rotatable bonds is 9. The van der Waals surface area contributed by atoms with Crippen molar-refractivity contribution in [2.24, 2.45) is 11.8 Å². The van der Waals surface area contributed by atoms with Crippen molar-refractivity contribution in [2.75, 3.05) is 26.3 Å². The number of nitrogens with zero attached hydrogens (tertiary/aromatic N) is 2. The molecule has 6 atom stereocenters. The molecule has 7 nitrogen and oxygen atoms in total. The Morgan fingerprint density at radius 3 is 2.62 bits per heavy atom. The summed E-state index contributed by atoms with van der Waals surface area (Å²) in [7, 11) is 0. The number of hydrogen-bond donors (Lipinski definition) is 1. The maximum Gasteiger partial charge on any atom is 0.311 e. The summed E-state index contributed by atoms with van der Waals surface area (Å²) >= 11 is 1.60. The molecular formula is C26H38N2O5S. The smallest absolute Gasteiger partial charge is 0.311 e. The second-order valence-corrected chi connectivity index (χ2v) is 12.0. The van der Waals surface area contributed by atoms with Gasteiger partial charge in [-0.15, -0.1) is 11.8 Å². The lowest BCUT2D eigenvalue weighted by Crippen LogP contribution is -2.55. The average molecular weight is 491 g/mol. The van der Waals surface area contributed by atoms with Crippen LogP contribution in [0.4, 0.5) is 0 Å². The third-order valence-electron chi connectivity index (χ3n) is 7.89. The van der Waals surface area contributed by atoms with Crippen molar-refractivity contribution in [3.8, 4) is 0 Å². The molecule has 2 fully saturated rings. The van der Waals surface area contributed by atoms with E-state index in [9.17, 15) is 14.4 Å². The summed E-state index contributed by atoms with van der Waals surface area (Å²) in [6.45, 7) is 7.58. The van der Waals surface area contributed by atoms with Crippen LogP contribution in [0.15, 0.2) is 24.3 Å². The van der Waals surface area contributed by atoms with E-state index in [4.69, 9.17) is 9.84 Å². The first-order valence-corrected chi connectivity index (χ1v) is 13.6. The zero-order chi connectivity index (χ0) is 24.5. The third-order valence-corrected chi connectivity index (χ3v) is 9.69. The fourth-order valence-corrected chi connectivity index (χ4v) is 8.48. The molecule has 0 aliphatic carbocycles. The fourth-order valence-electron chi connectivity index (χ4n) is 6.33. The minimum atomic E-state index is -0.792. The first-order valence-electron chi connectivity index (χ1n) is 12.7. The Hall–Kier alpha value is -1.80. The van der Waals surface area contributed by atoms with Crippen LogP contribution in [-0.4, -0.2) is 80.6 Å². The number of fused-ring (bicyclic) bond motifs is 2. The van der Waals surface area contributed by atoms with Gasteiger partial charge in [0.1, 0.15) is 12.6 Å². The van der Waals surface area contributed by atoms with Crippen LogP contribution in [0, 0.1) is 11.8 Å². The molecule has 1 N–H and O–H groups in total. The number of amides is 2. The van der Waals surface area contributed by atoms with E-state index in [-0.39, 0.29) is 37.0 Å². The molecule has 34 heavy (non-hydrogen) atoms. The highest BCUT2D eigenvalue weighted by atomic mass is 32.2. The van der Waals surface area contributed by atoms with Crippen molar-refractivity contribution in [2.45, 2.75) is 80.9 Å². The van der Waals surface area contributed by atoms with Crippen molar-refractivity contribution in [1.29, 1.82) is 0 Å². The summed E-state index contributed by atoms with van der Waals surface area (Å²) in [5.74, 6) is -1.71.